The Morgan fingerprint density at radius 1 is 1.30 bits per heavy atom. The molecule has 7 heteroatoms. The molecule has 112 valence electrons. The van der Waals surface area contributed by atoms with Crippen LogP contribution in [0.5, 0.6) is 0 Å². The summed E-state index contributed by atoms with van der Waals surface area (Å²) in [7, 11) is -3.55. The van der Waals surface area contributed by atoms with Crippen LogP contribution in [0.25, 0.3) is 0 Å². The van der Waals surface area contributed by atoms with Gasteiger partial charge in [-0.15, -0.1) is 0 Å². The van der Waals surface area contributed by atoms with E-state index in [1.54, 1.807) is 32.9 Å². The number of carboxylic acid groups (broad SMARTS) is 1. The number of hydrogen-bond acceptors (Lipinski definition) is 3. The molecule has 6 nitrogen and oxygen atoms in total. The number of rotatable bonds is 6. The van der Waals surface area contributed by atoms with Gasteiger partial charge in [0.2, 0.25) is 0 Å². The van der Waals surface area contributed by atoms with Gasteiger partial charge in [0.05, 0.1) is 5.56 Å². The average molecular weight is 300 g/mol. The molecule has 0 atom stereocenters. The maximum Gasteiger partial charge on any atom is 0.335 e. The Morgan fingerprint density at radius 2 is 1.95 bits per heavy atom. The van der Waals surface area contributed by atoms with Crippen molar-refractivity contribution in [3.8, 4) is 0 Å². The molecule has 0 aromatic heterocycles. The van der Waals surface area contributed by atoms with Crippen molar-refractivity contribution in [2.75, 3.05) is 6.54 Å². The molecule has 0 aliphatic heterocycles. The first-order valence-corrected chi connectivity index (χ1v) is 7.68. The second kappa shape index (κ2) is 6.34. The molecule has 1 rings (SSSR count). The van der Waals surface area contributed by atoms with E-state index in [-0.39, 0.29) is 12.1 Å². The van der Waals surface area contributed by atoms with Crippen LogP contribution in [-0.4, -0.2) is 31.6 Å². The van der Waals surface area contributed by atoms with E-state index in [1.165, 1.54) is 12.1 Å². The summed E-state index contributed by atoms with van der Waals surface area (Å²) in [6, 6.07) is 6.43. The summed E-state index contributed by atoms with van der Waals surface area (Å²) < 4.78 is 28.3. The van der Waals surface area contributed by atoms with Gasteiger partial charge in [0, 0.05) is 12.1 Å². The minimum atomic E-state index is -3.55. The van der Waals surface area contributed by atoms with Gasteiger partial charge >= 0.3 is 5.97 Å². The lowest BCUT2D eigenvalue weighted by molar-refractivity contribution is 0.0696. The second-order valence-corrected chi connectivity index (χ2v) is 7.01. The van der Waals surface area contributed by atoms with Crippen LogP contribution in [0.3, 0.4) is 0 Å². The van der Waals surface area contributed by atoms with E-state index in [9.17, 15) is 13.2 Å². The second-order valence-electron chi connectivity index (χ2n) is 5.51. The molecule has 0 spiro atoms. The molecule has 0 radical (unpaired) electrons. The van der Waals surface area contributed by atoms with Crippen molar-refractivity contribution in [1.82, 2.24) is 9.44 Å². The highest BCUT2D eigenvalue weighted by molar-refractivity contribution is 7.87. The molecule has 1 aromatic carbocycles. The lowest BCUT2D eigenvalue weighted by atomic mass is 10.1. The van der Waals surface area contributed by atoms with Crippen LogP contribution in [0, 0.1) is 0 Å². The SMILES string of the molecule is CC(C)(C)NS(=O)(=O)NCCc1cccc(C(=O)O)c1. The standard InChI is InChI=1S/C13H20N2O4S/c1-13(2,3)15-20(18,19)14-8-7-10-5-4-6-11(9-10)12(16)17/h4-6,9,14-15H,7-8H2,1-3H3,(H,16,17). The third-order valence-corrected chi connectivity index (χ3v) is 3.79. The van der Waals surface area contributed by atoms with E-state index in [4.69, 9.17) is 5.11 Å². The zero-order valence-corrected chi connectivity index (χ0v) is 12.6. The number of nitrogens with one attached hydrogen (secondary N) is 2. The average Bonchev–Trinajstić information content (AvgIpc) is 2.25. The lowest BCUT2D eigenvalue weighted by Crippen LogP contribution is -2.47. The minimum Gasteiger partial charge on any atom is -0.478 e. The molecule has 0 saturated heterocycles. The van der Waals surface area contributed by atoms with Crippen molar-refractivity contribution in [1.29, 1.82) is 0 Å². The maximum absolute atomic E-state index is 11.7. The predicted molar refractivity (Wildman–Crippen MR) is 76.9 cm³/mol. The predicted octanol–water partition coefficient (Wildman–Crippen LogP) is 1.15. The van der Waals surface area contributed by atoms with Crippen molar-refractivity contribution >= 4 is 16.2 Å². The van der Waals surface area contributed by atoms with E-state index < -0.39 is 21.7 Å². The topological polar surface area (TPSA) is 95.5 Å². The summed E-state index contributed by atoms with van der Waals surface area (Å²) in [4.78, 5) is 10.8. The normalized spacial score (nSPS) is 12.3. The van der Waals surface area contributed by atoms with Gasteiger partial charge in [-0.1, -0.05) is 12.1 Å². The molecule has 1 aromatic rings. The summed E-state index contributed by atoms with van der Waals surface area (Å²) in [5.74, 6) is -0.998. The fraction of sp³-hybridized carbons (Fsp3) is 0.462. The van der Waals surface area contributed by atoms with E-state index in [0.717, 1.165) is 5.56 Å². The molecule has 3 N–H and O–H groups in total. The number of aromatic carboxylic acids is 1. The first kappa shape index (κ1) is 16.6. The Morgan fingerprint density at radius 3 is 2.50 bits per heavy atom. The first-order valence-electron chi connectivity index (χ1n) is 6.20. The third-order valence-electron chi connectivity index (χ3n) is 2.32. The molecule has 0 saturated carbocycles. The van der Waals surface area contributed by atoms with Crippen molar-refractivity contribution in [2.45, 2.75) is 32.7 Å². The zero-order chi connectivity index (χ0) is 15.4. The summed E-state index contributed by atoms with van der Waals surface area (Å²) in [6.07, 6.45) is 0.423. The minimum absolute atomic E-state index is 0.193. The Kier molecular flexibility index (Phi) is 5.27. The van der Waals surface area contributed by atoms with Gasteiger partial charge in [0.25, 0.3) is 10.2 Å². The zero-order valence-electron chi connectivity index (χ0n) is 11.8. The molecular formula is C13H20N2O4S. The largest absolute Gasteiger partial charge is 0.478 e. The van der Waals surface area contributed by atoms with Gasteiger partial charge in [-0.05, 0) is 44.9 Å². The summed E-state index contributed by atoms with van der Waals surface area (Å²) in [5.41, 5.74) is 0.413. The van der Waals surface area contributed by atoms with E-state index in [0.29, 0.717) is 6.42 Å². The van der Waals surface area contributed by atoms with Crippen molar-refractivity contribution < 1.29 is 18.3 Å². The van der Waals surface area contributed by atoms with E-state index in [1.807, 2.05) is 0 Å². The molecule has 0 aliphatic rings. The monoisotopic (exact) mass is 300 g/mol. The molecular weight excluding hydrogens is 280 g/mol. The van der Waals surface area contributed by atoms with E-state index in [2.05, 4.69) is 9.44 Å². The van der Waals surface area contributed by atoms with Crippen LogP contribution in [0.15, 0.2) is 24.3 Å². The Bertz CT molecular complexity index is 576. The molecule has 0 aliphatic carbocycles. The quantitative estimate of drug-likeness (QED) is 0.734. The lowest BCUT2D eigenvalue weighted by Gasteiger charge is -2.20. The molecule has 0 bridgehead atoms. The smallest absolute Gasteiger partial charge is 0.335 e. The van der Waals surface area contributed by atoms with Gasteiger partial charge in [-0.3, -0.25) is 0 Å². The number of benzene rings is 1. The molecule has 0 heterocycles. The van der Waals surface area contributed by atoms with E-state index >= 15 is 0 Å². The first-order chi connectivity index (χ1) is 9.09. The van der Waals surface area contributed by atoms with Crippen LogP contribution < -0.4 is 9.44 Å². The highest BCUT2D eigenvalue weighted by Gasteiger charge is 2.18. The van der Waals surface area contributed by atoms with Gasteiger partial charge in [0.15, 0.2) is 0 Å². The molecule has 20 heavy (non-hydrogen) atoms. The van der Waals surface area contributed by atoms with Gasteiger partial charge in [-0.2, -0.15) is 13.1 Å². The Hall–Kier alpha value is -1.44. The van der Waals surface area contributed by atoms with Gasteiger partial charge in [-0.25, -0.2) is 9.52 Å². The van der Waals surface area contributed by atoms with Crippen LogP contribution in [0.1, 0.15) is 36.7 Å². The maximum atomic E-state index is 11.7. The Labute approximate surface area is 119 Å². The van der Waals surface area contributed by atoms with Gasteiger partial charge < -0.3 is 5.11 Å². The summed E-state index contributed by atoms with van der Waals surface area (Å²) in [6.45, 7) is 5.46. The molecule has 0 amide bonds. The highest BCUT2D eigenvalue weighted by Crippen LogP contribution is 2.06. The summed E-state index contributed by atoms with van der Waals surface area (Å²) in [5, 5.41) is 8.87. The highest BCUT2D eigenvalue weighted by atomic mass is 32.2. The van der Waals surface area contributed by atoms with Crippen LogP contribution >= 0.6 is 0 Å². The Balaban J connectivity index is 2.57. The van der Waals surface area contributed by atoms with Crippen molar-refractivity contribution in [3.05, 3.63) is 35.4 Å². The van der Waals surface area contributed by atoms with Crippen molar-refractivity contribution in [3.63, 3.8) is 0 Å². The fourth-order valence-electron chi connectivity index (χ4n) is 1.63. The van der Waals surface area contributed by atoms with Crippen LogP contribution in [0.2, 0.25) is 0 Å². The van der Waals surface area contributed by atoms with Crippen molar-refractivity contribution in [2.24, 2.45) is 0 Å². The fourth-order valence-corrected chi connectivity index (χ4v) is 2.88. The number of carbonyl (C=O) groups is 1. The number of hydrogen-bond donors (Lipinski definition) is 3. The van der Waals surface area contributed by atoms with Crippen LogP contribution in [-0.2, 0) is 16.6 Å². The van der Waals surface area contributed by atoms with Crippen LogP contribution in [0.4, 0.5) is 0 Å². The molecule has 0 fully saturated rings. The number of carboxylic acids is 1. The summed E-state index contributed by atoms with van der Waals surface area (Å²) >= 11 is 0. The third kappa shape index (κ3) is 6.14. The molecule has 0 unspecified atom stereocenters. The van der Waals surface area contributed by atoms with Gasteiger partial charge in [0.1, 0.15) is 0 Å².